The molecule has 2 N–H and O–H groups in total. The van der Waals surface area contributed by atoms with E-state index in [1.807, 2.05) is 18.2 Å². The maximum Gasteiger partial charge on any atom is 0.425 e. The molecule has 0 aliphatic rings. The van der Waals surface area contributed by atoms with E-state index in [-0.39, 0.29) is 0 Å². The van der Waals surface area contributed by atoms with Crippen LogP contribution in [-0.4, -0.2) is 32.4 Å². The molecule has 1 atom stereocenters. The van der Waals surface area contributed by atoms with E-state index >= 15 is 0 Å². The van der Waals surface area contributed by atoms with E-state index in [1.165, 1.54) is 6.07 Å². The van der Waals surface area contributed by atoms with Crippen LogP contribution in [0.4, 0.5) is 22.0 Å². The Balaban J connectivity index is 1.65. The molecule has 0 aliphatic heterocycles. The van der Waals surface area contributed by atoms with Crippen molar-refractivity contribution >= 4 is 11.0 Å². The number of fused-ring (bicyclic) bond motifs is 1. The highest BCUT2D eigenvalue weighted by Crippen LogP contribution is 2.36. The normalized spacial score (nSPS) is 13.2. The third-order valence-corrected chi connectivity index (χ3v) is 4.61. The van der Waals surface area contributed by atoms with E-state index in [0.29, 0.717) is 17.0 Å². The highest BCUT2D eigenvalue weighted by molar-refractivity contribution is 5.81. The Morgan fingerprint density at radius 2 is 1.77 bits per heavy atom. The van der Waals surface area contributed by atoms with Gasteiger partial charge >= 0.3 is 6.18 Å². The maximum absolute atomic E-state index is 13.5. The largest absolute Gasteiger partial charge is 0.481 e. The Kier molecular flexibility index (Phi) is 4.92. The molecule has 0 amide bonds. The summed E-state index contributed by atoms with van der Waals surface area (Å²) in [5, 5.41) is 6.99. The summed E-state index contributed by atoms with van der Waals surface area (Å²) in [6, 6.07) is 10.8. The number of benzene rings is 2. The van der Waals surface area contributed by atoms with Gasteiger partial charge in [-0.3, -0.25) is 5.10 Å². The molecule has 5 nitrogen and oxygen atoms in total. The lowest BCUT2D eigenvalue weighted by Crippen LogP contribution is -2.31. The molecule has 0 bridgehead atoms. The predicted molar refractivity (Wildman–Crippen MR) is 100 cm³/mol. The first kappa shape index (κ1) is 19.9. The summed E-state index contributed by atoms with van der Waals surface area (Å²) in [6.45, 7) is 0.764. The number of halogens is 5. The van der Waals surface area contributed by atoms with Gasteiger partial charge in [0, 0.05) is 11.1 Å². The van der Waals surface area contributed by atoms with Gasteiger partial charge in [-0.15, -0.1) is 0 Å². The zero-order chi connectivity index (χ0) is 21.5. The number of nitrogens with one attached hydrogen (secondary N) is 2. The maximum atomic E-state index is 13.5. The number of hydrogen-bond donors (Lipinski definition) is 2. The lowest BCUT2D eigenvalue weighted by Gasteiger charge is -2.20. The van der Waals surface area contributed by atoms with E-state index in [4.69, 9.17) is 4.74 Å². The number of H-pyrrole nitrogens is 2. The number of ether oxygens (including phenoxy) is 1. The number of alkyl halides is 5. The summed E-state index contributed by atoms with van der Waals surface area (Å²) >= 11 is 0. The van der Waals surface area contributed by atoms with Crippen LogP contribution in [0.5, 0.6) is 5.75 Å². The highest BCUT2D eigenvalue weighted by Gasteiger charge is 2.38. The van der Waals surface area contributed by atoms with Gasteiger partial charge in [0.1, 0.15) is 5.75 Å². The third kappa shape index (κ3) is 3.85. The van der Waals surface area contributed by atoms with Crippen LogP contribution in [0, 0.1) is 0 Å². The van der Waals surface area contributed by atoms with Crippen molar-refractivity contribution in [2.75, 3.05) is 0 Å². The van der Waals surface area contributed by atoms with Crippen LogP contribution >= 0.6 is 0 Å². The number of rotatable bonds is 5. The topological polar surface area (TPSA) is 66.6 Å². The van der Waals surface area contributed by atoms with Crippen LogP contribution in [0.1, 0.15) is 18.9 Å². The summed E-state index contributed by atoms with van der Waals surface area (Å²) in [6.07, 6.45) is -8.32. The summed E-state index contributed by atoms with van der Waals surface area (Å²) < 4.78 is 69.8. The van der Waals surface area contributed by atoms with Crippen LogP contribution in [-0.2, 0) is 0 Å². The minimum absolute atomic E-state index is 0.322. The van der Waals surface area contributed by atoms with Crippen molar-refractivity contribution in [3.63, 3.8) is 0 Å². The first-order chi connectivity index (χ1) is 14.2. The van der Waals surface area contributed by atoms with Crippen molar-refractivity contribution in [2.24, 2.45) is 0 Å². The fraction of sp³-hybridized carbons (Fsp3) is 0.200. The molecule has 0 saturated carbocycles. The van der Waals surface area contributed by atoms with Gasteiger partial charge in [-0.25, -0.2) is 13.8 Å². The zero-order valence-corrected chi connectivity index (χ0v) is 15.5. The highest BCUT2D eigenvalue weighted by atomic mass is 19.4. The molecule has 2 heterocycles. The number of aromatic amines is 2. The third-order valence-electron chi connectivity index (χ3n) is 4.61. The van der Waals surface area contributed by atoms with Crippen LogP contribution in [0.3, 0.4) is 0 Å². The SMILES string of the molecule is CC(Oc1ccc(-c2cc(-c3ccc4nc[nH]c4c3)[nH]n2)cc1C(F)F)C(F)(F)F. The molecular weight excluding hydrogens is 407 g/mol. The van der Waals surface area contributed by atoms with Crippen molar-refractivity contribution in [2.45, 2.75) is 25.6 Å². The number of hydrogen-bond acceptors (Lipinski definition) is 3. The molecule has 156 valence electrons. The second kappa shape index (κ2) is 7.43. The first-order valence-electron chi connectivity index (χ1n) is 8.87. The molecule has 4 rings (SSSR count). The van der Waals surface area contributed by atoms with Gasteiger partial charge in [0.25, 0.3) is 6.43 Å². The molecule has 2 aromatic carbocycles. The lowest BCUT2D eigenvalue weighted by molar-refractivity contribution is -0.189. The van der Waals surface area contributed by atoms with E-state index in [0.717, 1.165) is 35.7 Å². The quantitative estimate of drug-likeness (QED) is 0.394. The lowest BCUT2D eigenvalue weighted by atomic mass is 10.1. The van der Waals surface area contributed by atoms with Crippen molar-refractivity contribution < 1.29 is 26.7 Å². The standard InChI is InChI=1S/C20H15F5N4O/c1-10(20(23,24)25)30-18-5-3-11(6-13(18)19(21)22)15-8-16(29-28-15)12-2-4-14-17(7-12)27-9-26-14/h2-10,19H,1H3,(H,26,27)(H,28,29). The smallest absolute Gasteiger partial charge is 0.425 e. The van der Waals surface area contributed by atoms with Crippen molar-refractivity contribution in [3.05, 3.63) is 54.4 Å². The fourth-order valence-electron chi connectivity index (χ4n) is 2.96. The summed E-state index contributed by atoms with van der Waals surface area (Å²) in [5.74, 6) is -0.515. The summed E-state index contributed by atoms with van der Waals surface area (Å²) in [7, 11) is 0. The number of aromatic nitrogens is 4. The molecule has 0 radical (unpaired) electrons. The van der Waals surface area contributed by atoms with Crippen molar-refractivity contribution in [1.82, 2.24) is 20.2 Å². The van der Waals surface area contributed by atoms with Crippen molar-refractivity contribution in [1.29, 1.82) is 0 Å². The Morgan fingerprint density at radius 3 is 2.50 bits per heavy atom. The van der Waals surface area contributed by atoms with Gasteiger partial charge in [-0.1, -0.05) is 6.07 Å². The Morgan fingerprint density at radius 1 is 1.00 bits per heavy atom. The number of imidazole rings is 1. The Hall–Kier alpha value is -3.43. The van der Waals surface area contributed by atoms with Crippen LogP contribution < -0.4 is 4.74 Å². The monoisotopic (exact) mass is 422 g/mol. The van der Waals surface area contributed by atoms with Gasteiger partial charge in [0.15, 0.2) is 6.10 Å². The molecule has 10 heteroatoms. The first-order valence-corrected chi connectivity index (χ1v) is 8.87. The Labute approximate surface area is 166 Å². The van der Waals surface area contributed by atoms with E-state index < -0.39 is 30.0 Å². The van der Waals surface area contributed by atoms with Gasteiger partial charge in [-0.05, 0) is 43.3 Å². The Bertz CT molecular complexity index is 1180. The molecule has 0 spiro atoms. The van der Waals surface area contributed by atoms with Gasteiger partial charge in [-0.2, -0.15) is 18.3 Å². The second-order valence-corrected chi connectivity index (χ2v) is 6.66. The molecule has 1 unspecified atom stereocenters. The molecule has 4 aromatic rings. The van der Waals surface area contributed by atoms with Gasteiger partial charge < -0.3 is 9.72 Å². The minimum atomic E-state index is -4.66. The number of nitrogens with zero attached hydrogens (tertiary/aromatic N) is 2. The van der Waals surface area contributed by atoms with Gasteiger partial charge in [0.05, 0.1) is 34.3 Å². The predicted octanol–water partition coefficient (Wildman–Crippen LogP) is 5.89. The van der Waals surface area contributed by atoms with E-state index in [2.05, 4.69) is 20.2 Å². The van der Waals surface area contributed by atoms with Crippen LogP contribution in [0.2, 0.25) is 0 Å². The molecule has 2 aromatic heterocycles. The average molecular weight is 422 g/mol. The fourth-order valence-corrected chi connectivity index (χ4v) is 2.96. The molecule has 0 fully saturated rings. The van der Waals surface area contributed by atoms with Crippen LogP contribution in [0.25, 0.3) is 33.5 Å². The molecule has 30 heavy (non-hydrogen) atoms. The van der Waals surface area contributed by atoms with E-state index in [9.17, 15) is 22.0 Å². The zero-order valence-electron chi connectivity index (χ0n) is 15.5. The van der Waals surface area contributed by atoms with Gasteiger partial charge in [0.2, 0.25) is 0 Å². The molecule has 0 saturated heterocycles. The minimum Gasteiger partial charge on any atom is -0.481 e. The summed E-state index contributed by atoms with van der Waals surface area (Å²) in [4.78, 5) is 7.14. The second-order valence-electron chi connectivity index (χ2n) is 6.66. The molecule has 0 aliphatic carbocycles. The average Bonchev–Trinajstić information content (AvgIpc) is 3.36. The van der Waals surface area contributed by atoms with Crippen molar-refractivity contribution in [3.8, 4) is 28.3 Å². The molecular formula is C20H15F5N4O. The van der Waals surface area contributed by atoms with E-state index in [1.54, 1.807) is 12.4 Å². The summed E-state index contributed by atoms with van der Waals surface area (Å²) in [5.41, 5.74) is 3.12. The van der Waals surface area contributed by atoms with Crippen LogP contribution in [0.15, 0.2) is 48.8 Å².